The van der Waals surface area contributed by atoms with Crippen LogP contribution in [0.25, 0.3) is 0 Å². The number of nitrogens with one attached hydrogen (secondary N) is 1. The van der Waals surface area contributed by atoms with Crippen LogP contribution >= 0.6 is 0 Å². The van der Waals surface area contributed by atoms with Gasteiger partial charge < -0.3 is 14.8 Å². The summed E-state index contributed by atoms with van der Waals surface area (Å²) in [6.45, 7) is 4.16. The van der Waals surface area contributed by atoms with E-state index in [4.69, 9.17) is 9.47 Å². The molecule has 1 aliphatic heterocycles. The highest BCUT2D eigenvalue weighted by molar-refractivity contribution is 5.94. The number of nitrogens with zero attached hydrogens (tertiary/aromatic N) is 1. The van der Waals surface area contributed by atoms with Crippen molar-refractivity contribution in [1.82, 2.24) is 10.2 Å². The van der Waals surface area contributed by atoms with E-state index in [2.05, 4.69) is 22.3 Å². The summed E-state index contributed by atoms with van der Waals surface area (Å²) in [7, 11) is 1.51. The molecule has 1 fully saturated rings. The lowest BCUT2D eigenvalue weighted by Crippen LogP contribution is -2.48. The number of amides is 1. The van der Waals surface area contributed by atoms with Crippen LogP contribution in [0.4, 0.5) is 0 Å². The molecule has 1 aliphatic rings. The number of benzene rings is 2. The van der Waals surface area contributed by atoms with E-state index in [-0.39, 0.29) is 24.3 Å². The van der Waals surface area contributed by atoms with E-state index in [0.29, 0.717) is 17.1 Å². The monoisotopic (exact) mass is 396 g/mol. The molecule has 6 heteroatoms. The highest BCUT2D eigenvalue weighted by Crippen LogP contribution is 2.28. The molecule has 0 aliphatic carbocycles. The van der Waals surface area contributed by atoms with Gasteiger partial charge in [0.25, 0.3) is 5.91 Å². The first-order chi connectivity index (χ1) is 14.0. The van der Waals surface area contributed by atoms with Crippen molar-refractivity contribution in [2.75, 3.05) is 26.8 Å². The van der Waals surface area contributed by atoms with Crippen LogP contribution in [0.3, 0.4) is 0 Å². The van der Waals surface area contributed by atoms with Crippen LogP contribution in [-0.2, 0) is 11.3 Å². The fourth-order valence-corrected chi connectivity index (χ4v) is 3.58. The van der Waals surface area contributed by atoms with Gasteiger partial charge in [0.1, 0.15) is 0 Å². The van der Waals surface area contributed by atoms with E-state index in [1.54, 1.807) is 18.2 Å². The molecule has 29 heavy (non-hydrogen) atoms. The largest absolute Gasteiger partial charge is 0.493 e. The lowest BCUT2D eigenvalue weighted by molar-refractivity contribution is -0.124. The van der Waals surface area contributed by atoms with Crippen molar-refractivity contribution in [1.29, 1.82) is 0 Å². The smallest absolute Gasteiger partial charge is 0.258 e. The van der Waals surface area contributed by atoms with Gasteiger partial charge in [-0.3, -0.25) is 14.5 Å². The van der Waals surface area contributed by atoms with E-state index in [0.717, 1.165) is 32.5 Å². The molecule has 2 aromatic carbocycles. The van der Waals surface area contributed by atoms with Crippen LogP contribution in [0, 0.1) is 0 Å². The Hall–Kier alpha value is -2.86. The topological polar surface area (TPSA) is 67.9 Å². The van der Waals surface area contributed by atoms with E-state index >= 15 is 0 Å². The number of hydrogen-bond acceptors (Lipinski definition) is 5. The standard InChI is InChI=1S/C23H28N2O4/c1-17(26)19-10-11-21(22(13-19)28-2)29-16-23(27)24-20-9-6-12-25(15-20)14-18-7-4-3-5-8-18/h3-5,7-8,10-11,13,20H,6,9,12,14-16H2,1-2H3,(H,24,27). The third kappa shape index (κ3) is 6.06. The van der Waals surface area contributed by atoms with Crippen LogP contribution in [0.2, 0.25) is 0 Å². The normalized spacial score (nSPS) is 16.8. The van der Waals surface area contributed by atoms with Crippen molar-refractivity contribution < 1.29 is 19.1 Å². The fraction of sp³-hybridized carbons (Fsp3) is 0.391. The molecule has 0 bridgehead atoms. The maximum absolute atomic E-state index is 12.4. The Balaban J connectivity index is 1.49. The number of hydrogen-bond donors (Lipinski definition) is 1. The quantitative estimate of drug-likeness (QED) is 0.695. The third-order valence-electron chi connectivity index (χ3n) is 5.05. The van der Waals surface area contributed by atoms with Crippen LogP contribution < -0.4 is 14.8 Å². The summed E-state index contributed by atoms with van der Waals surface area (Å²) >= 11 is 0. The number of piperidine rings is 1. The Bertz CT molecular complexity index is 838. The molecule has 2 aromatic rings. The minimum Gasteiger partial charge on any atom is -0.493 e. The molecular formula is C23H28N2O4. The summed E-state index contributed by atoms with van der Waals surface area (Å²) in [6.07, 6.45) is 2.02. The molecular weight excluding hydrogens is 368 g/mol. The van der Waals surface area contributed by atoms with Gasteiger partial charge in [-0.2, -0.15) is 0 Å². The predicted molar refractivity (Wildman–Crippen MR) is 111 cm³/mol. The number of carbonyl (C=O) groups excluding carboxylic acids is 2. The number of carbonyl (C=O) groups is 2. The van der Waals surface area contributed by atoms with Crippen LogP contribution in [-0.4, -0.2) is 49.4 Å². The highest BCUT2D eigenvalue weighted by Gasteiger charge is 2.22. The van der Waals surface area contributed by atoms with Crippen molar-refractivity contribution in [3.8, 4) is 11.5 Å². The Morgan fingerprint density at radius 1 is 1.14 bits per heavy atom. The van der Waals surface area contributed by atoms with Crippen molar-refractivity contribution in [2.45, 2.75) is 32.4 Å². The summed E-state index contributed by atoms with van der Waals surface area (Å²) in [5, 5.41) is 3.07. The second-order valence-corrected chi connectivity index (χ2v) is 7.34. The van der Waals surface area contributed by atoms with Crippen LogP contribution in [0.5, 0.6) is 11.5 Å². The van der Waals surface area contributed by atoms with Crippen molar-refractivity contribution in [3.63, 3.8) is 0 Å². The first-order valence-electron chi connectivity index (χ1n) is 9.92. The zero-order valence-corrected chi connectivity index (χ0v) is 17.0. The molecule has 1 amide bonds. The number of ketones is 1. The van der Waals surface area contributed by atoms with E-state index < -0.39 is 0 Å². The molecule has 3 rings (SSSR count). The summed E-state index contributed by atoms with van der Waals surface area (Å²) < 4.78 is 10.9. The lowest BCUT2D eigenvalue weighted by Gasteiger charge is -2.33. The van der Waals surface area contributed by atoms with E-state index in [9.17, 15) is 9.59 Å². The first kappa shape index (κ1) is 20.9. The molecule has 0 saturated carbocycles. The molecule has 0 radical (unpaired) electrons. The van der Waals surface area contributed by atoms with E-state index in [1.165, 1.54) is 19.6 Å². The second kappa shape index (κ2) is 10.1. The number of methoxy groups -OCH3 is 1. The van der Waals surface area contributed by atoms with Gasteiger partial charge >= 0.3 is 0 Å². The maximum Gasteiger partial charge on any atom is 0.258 e. The molecule has 1 saturated heterocycles. The molecule has 1 N–H and O–H groups in total. The zero-order valence-electron chi connectivity index (χ0n) is 17.0. The average molecular weight is 396 g/mol. The summed E-state index contributed by atoms with van der Waals surface area (Å²) in [5.41, 5.74) is 1.82. The Morgan fingerprint density at radius 3 is 2.66 bits per heavy atom. The second-order valence-electron chi connectivity index (χ2n) is 7.34. The molecule has 154 valence electrons. The van der Waals surface area contributed by atoms with Gasteiger partial charge in [0.15, 0.2) is 23.9 Å². The molecule has 1 unspecified atom stereocenters. The highest BCUT2D eigenvalue weighted by atomic mass is 16.5. The van der Waals surface area contributed by atoms with Crippen LogP contribution in [0.1, 0.15) is 35.7 Å². The SMILES string of the molecule is COc1cc(C(C)=O)ccc1OCC(=O)NC1CCCN(Cc2ccccc2)C1. The first-order valence-corrected chi connectivity index (χ1v) is 9.92. The van der Waals surface area contributed by atoms with Crippen molar-refractivity contribution in [2.24, 2.45) is 0 Å². The summed E-state index contributed by atoms with van der Waals surface area (Å²) in [5.74, 6) is 0.679. The summed E-state index contributed by atoms with van der Waals surface area (Å²) in [4.78, 5) is 26.2. The van der Waals surface area contributed by atoms with Crippen molar-refractivity contribution >= 4 is 11.7 Å². The predicted octanol–water partition coefficient (Wildman–Crippen LogP) is 3.06. The summed E-state index contributed by atoms with van der Waals surface area (Å²) in [6, 6.07) is 15.4. The molecule has 1 heterocycles. The van der Waals surface area contributed by atoms with Gasteiger partial charge in [0.2, 0.25) is 0 Å². The molecule has 0 spiro atoms. The van der Waals surface area contributed by atoms with E-state index in [1.807, 2.05) is 18.2 Å². The Morgan fingerprint density at radius 2 is 1.93 bits per heavy atom. The van der Waals surface area contributed by atoms with Crippen molar-refractivity contribution in [3.05, 3.63) is 59.7 Å². The number of Topliss-reactive ketones (excluding diaryl/α,β-unsaturated/α-hetero) is 1. The number of rotatable bonds is 8. The van der Waals surface area contributed by atoms with Gasteiger partial charge in [-0.05, 0) is 50.1 Å². The van der Waals surface area contributed by atoms with Crippen LogP contribution in [0.15, 0.2) is 48.5 Å². The lowest BCUT2D eigenvalue weighted by atomic mass is 10.0. The molecule has 0 aromatic heterocycles. The van der Waals surface area contributed by atoms with Gasteiger partial charge in [-0.1, -0.05) is 30.3 Å². The Kier molecular flexibility index (Phi) is 7.25. The minimum absolute atomic E-state index is 0.0510. The van der Waals surface area contributed by atoms with Gasteiger partial charge in [0, 0.05) is 24.7 Å². The third-order valence-corrected chi connectivity index (χ3v) is 5.05. The minimum atomic E-state index is -0.158. The average Bonchev–Trinajstić information content (AvgIpc) is 2.73. The van der Waals surface area contributed by atoms with Gasteiger partial charge in [-0.25, -0.2) is 0 Å². The Labute approximate surface area is 171 Å². The fourth-order valence-electron chi connectivity index (χ4n) is 3.58. The molecule has 1 atom stereocenters. The number of ether oxygens (including phenoxy) is 2. The van der Waals surface area contributed by atoms with Gasteiger partial charge in [-0.15, -0.1) is 0 Å². The maximum atomic E-state index is 12.4. The number of likely N-dealkylation sites (tertiary alicyclic amines) is 1. The zero-order chi connectivity index (χ0) is 20.6. The van der Waals surface area contributed by atoms with Gasteiger partial charge in [0.05, 0.1) is 7.11 Å². The molecule has 6 nitrogen and oxygen atoms in total.